The fourth-order valence-electron chi connectivity index (χ4n) is 2.97. The summed E-state index contributed by atoms with van der Waals surface area (Å²) in [5.74, 6) is 0. The zero-order chi connectivity index (χ0) is 23.8. The summed E-state index contributed by atoms with van der Waals surface area (Å²) in [4.78, 5) is -2.96. The third kappa shape index (κ3) is 2.73. The first-order valence-corrected chi connectivity index (χ1v) is 9.77. The summed E-state index contributed by atoms with van der Waals surface area (Å²) < 4.78 is 177. The molecule has 2 saturated heterocycles. The Morgan fingerprint density at radius 2 is 1.13 bits per heavy atom. The van der Waals surface area contributed by atoms with Crippen LogP contribution in [0.1, 0.15) is 13.8 Å². The van der Waals surface area contributed by atoms with E-state index < -0.39 is 66.6 Å². The zero-order valence-corrected chi connectivity index (χ0v) is 16.1. The van der Waals surface area contributed by atoms with Crippen molar-refractivity contribution in [1.29, 1.82) is 0 Å². The molecule has 0 radical (unpaired) electrons. The van der Waals surface area contributed by atoms with Crippen LogP contribution in [-0.4, -0.2) is 58.9 Å². The van der Waals surface area contributed by atoms with Gasteiger partial charge in [0, 0.05) is 0 Å². The molecule has 0 spiro atoms. The molecule has 2 rings (SSSR count). The predicted octanol–water partition coefficient (Wildman–Crippen LogP) is 5.56. The summed E-state index contributed by atoms with van der Waals surface area (Å²) >= 11 is 3.91. The topological polar surface area (TPSA) is 40.2 Å². The zero-order valence-electron chi connectivity index (χ0n) is 14.4. The van der Waals surface area contributed by atoms with E-state index in [9.17, 15) is 52.7 Å². The van der Waals surface area contributed by atoms with Gasteiger partial charge in [0.05, 0.1) is 0 Å². The number of alkyl halides is 12. The molecule has 0 aromatic heterocycles. The summed E-state index contributed by atoms with van der Waals surface area (Å²) in [6, 6.07) is 0. The molecule has 19 heteroatoms. The van der Waals surface area contributed by atoms with E-state index in [-0.39, 0.29) is 0 Å². The van der Waals surface area contributed by atoms with E-state index in [0.717, 1.165) is 13.8 Å². The second-order valence-electron chi connectivity index (χ2n) is 5.73. The normalized spacial score (nSPS) is 26.5. The van der Waals surface area contributed by atoms with E-state index in [2.05, 4.69) is 30.3 Å². The molecule has 30 heavy (non-hydrogen) atoms. The van der Waals surface area contributed by atoms with Crippen molar-refractivity contribution in [2.75, 3.05) is 13.2 Å². The van der Waals surface area contributed by atoms with Crippen LogP contribution in [0, 0.1) is 0 Å². The van der Waals surface area contributed by atoms with E-state index in [1.807, 2.05) is 0 Å². The van der Waals surface area contributed by atoms with Crippen molar-refractivity contribution in [1.82, 2.24) is 4.67 Å². The van der Waals surface area contributed by atoms with Crippen LogP contribution in [0.15, 0.2) is 0 Å². The molecule has 0 N–H and O–H groups in total. The molecule has 0 saturated carbocycles. The molecule has 0 bridgehead atoms. The minimum absolute atomic E-state index is 0.830. The van der Waals surface area contributed by atoms with Gasteiger partial charge in [-0.05, 0) is 0 Å². The molecular formula is C11H10F12NO4PS. The summed E-state index contributed by atoms with van der Waals surface area (Å²) in [6.07, 6.45) is -26.6. The van der Waals surface area contributed by atoms with Gasteiger partial charge in [-0.25, -0.2) is 0 Å². The van der Waals surface area contributed by atoms with Crippen molar-refractivity contribution in [2.24, 2.45) is 0 Å². The van der Waals surface area contributed by atoms with Crippen LogP contribution in [0.2, 0.25) is 0 Å². The molecule has 2 fully saturated rings. The van der Waals surface area contributed by atoms with Gasteiger partial charge in [-0.2, -0.15) is 0 Å². The van der Waals surface area contributed by atoms with E-state index in [4.69, 9.17) is 0 Å². The maximum atomic E-state index is 13.5. The minimum atomic E-state index is -7.03. The molecule has 2 aliphatic rings. The van der Waals surface area contributed by atoms with Crippen molar-refractivity contribution >= 4 is 24.9 Å². The number of halogens is 12. The van der Waals surface area contributed by atoms with Crippen LogP contribution in [0.3, 0.4) is 0 Å². The molecular weight excluding hydrogens is 501 g/mol. The Hall–Kier alpha value is -0.680. The van der Waals surface area contributed by atoms with Crippen LogP contribution in [0.4, 0.5) is 52.7 Å². The van der Waals surface area contributed by atoms with E-state index in [1.54, 1.807) is 0 Å². The van der Waals surface area contributed by atoms with Gasteiger partial charge in [0.1, 0.15) is 0 Å². The number of rotatable bonds is 4. The Morgan fingerprint density at radius 3 is 1.40 bits per heavy atom. The SMILES string of the molecule is CCOP12(OCC)OC(C(F)(F)F)(C(F)(F)F)C(=S)N1C(C(F)(F)F)(C(F)(F)F)O2. The molecule has 0 aromatic rings. The van der Waals surface area contributed by atoms with Crippen LogP contribution < -0.4 is 0 Å². The first kappa shape index (κ1) is 25.6. The standard InChI is InChI=1S/C11H10F12NO4PS/c1-3-25-29(26-4-2)24(7(28-29,10(18,19)20)11(21,22)23)5(30)6(27-29,8(12,13)14)9(15,16)17/h3-4H2,1-2H3. The Balaban J connectivity index is 2.99. The van der Waals surface area contributed by atoms with Gasteiger partial charge >= 0.3 is 163 Å². The number of nitrogens with zero attached hydrogens (tertiary/aromatic N) is 1. The van der Waals surface area contributed by atoms with E-state index in [0.29, 0.717) is 0 Å². The fourth-order valence-corrected chi connectivity index (χ4v) is 7.95. The molecule has 2 aliphatic heterocycles. The number of hydrogen-bond acceptors (Lipinski definition) is 5. The third-order valence-corrected chi connectivity index (χ3v) is 8.22. The van der Waals surface area contributed by atoms with Gasteiger partial charge in [0.25, 0.3) is 0 Å². The quantitative estimate of drug-likeness (QED) is 0.280. The summed E-state index contributed by atoms with van der Waals surface area (Å²) in [6.45, 7) is -0.462. The van der Waals surface area contributed by atoms with Crippen molar-refractivity contribution < 1.29 is 70.8 Å². The van der Waals surface area contributed by atoms with Gasteiger partial charge in [0.15, 0.2) is 0 Å². The van der Waals surface area contributed by atoms with Gasteiger partial charge in [-0.15, -0.1) is 0 Å². The Bertz CT molecular complexity index is 698. The number of fused-ring (bicyclic) bond motifs is 1. The van der Waals surface area contributed by atoms with Gasteiger partial charge in [-0.1, -0.05) is 0 Å². The van der Waals surface area contributed by atoms with Crippen LogP contribution in [-0.2, 0) is 18.1 Å². The van der Waals surface area contributed by atoms with Crippen molar-refractivity contribution in [2.45, 2.75) is 49.9 Å². The maximum absolute atomic E-state index is 13.5. The summed E-state index contributed by atoms with van der Waals surface area (Å²) in [5, 5.41) is 0. The monoisotopic (exact) mass is 511 g/mol. The molecule has 0 aliphatic carbocycles. The Labute approximate surface area is 164 Å². The van der Waals surface area contributed by atoms with Gasteiger partial charge in [-0.3, -0.25) is 0 Å². The molecule has 178 valence electrons. The van der Waals surface area contributed by atoms with Crippen LogP contribution in [0.5, 0.6) is 0 Å². The predicted molar refractivity (Wildman–Crippen MR) is 76.5 cm³/mol. The summed E-state index contributed by atoms with van der Waals surface area (Å²) in [7, 11) is -7.03. The molecule has 2 heterocycles. The van der Waals surface area contributed by atoms with E-state index in [1.165, 1.54) is 0 Å². The van der Waals surface area contributed by atoms with Gasteiger partial charge < -0.3 is 0 Å². The molecule has 0 aromatic carbocycles. The second-order valence-corrected chi connectivity index (χ2v) is 8.94. The van der Waals surface area contributed by atoms with Crippen molar-refractivity contribution in [3.05, 3.63) is 0 Å². The average molecular weight is 511 g/mol. The average Bonchev–Trinajstić information content (AvgIpc) is 2.62. The fraction of sp³-hybridized carbons (Fsp3) is 0.909. The van der Waals surface area contributed by atoms with Crippen molar-refractivity contribution in [3.63, 3.8) is 0 Å². The van der Waals surface area contributed by atoms with Gasteiger partial charge in [0.2, 0.25) is 0 Å². The first-order chi connectivity index (χ1) is 13.1. The number of thiocarbonyl (C=S) groups is 1. The molecule has 0 unspecified atom stereocenters. The molecule has 0 amide bonds. The Kier molecular flexibility index (Phi) is 5.49. The van der Waals surface area contributed by atoms with Crippen molar-refractivity contribution in [3.8, 4) is 0 Å². The van der Waals surface area contributed by atoms with E-state index >= 15 is 0 Å². The summed E-state index contributed by atoms with van der Waals surface area (Å²) in [5.41, 5.74) is -11.5. The molecule has 0 atom stereocenters. The second kappa shape index (κ2) is 6.43. The Morgan fingerprint density at radius 1 is 0.767 bits per heavy atom. The molecule has 5 nitrogen and oxygen atoms in total. The third-order valence-electron chi connectivity index (χ3n) is 3.95. The number of hydrogen-bond donors (Lipinski definition) is 0. The van der Waals surface area contributed by atoms with Crippen LogP contribution in [0.25, 0.3) is 0 Å². The van der Waals surface area contributed by atoms with Crippen LogP contribution >= 0.6 is 19.9 Å². The first-order valence-electron chi connectivity index (χ1n) is 7.50.